The minimum atomic E-state index is -1.05. The Morgan fingerprint density at radius 3 is 2.87 bits per heavy atom. The zero-order chi connectivity index (χ0) is 11.3. The van der Waals surface area contributed by atoms with Crippen LogP contribution in [0.1, 0.15) is 10.4 Å². The molecule has 0 saturated carbocycles. The Balaban J connectivity index is 2.48. The summed E-state index contributed by atoms with van der Waals surface area (Å²) in [6, 6.07) is 1.96. The Labute approximate surface area is 91.2 Å². The molecule has 5 heteroatoms. The maximum atomic E-state index is 11.1. The van der Waals surface area contributed by atoms with E-state index in [4.69, 9.17) is 5.11 Å². The summed E-state index contributed by atoms with van der Waals surface area (Å²) in [5, 5.41) is 12.5. The molecule has 0 spiro atoms. The van der Waals surface area contributed by atoms with Crippen molar-refractivity contribution in [3.63, 3.8) is 0 Å². The zero-order valence-electron chi connectivity index (χ0n) is 8.19. The van der Waals surface area contributed by atoms with Gasteiger partial charge in [0.1, 0.15) is 6.54 Å². The van der Waals surface area contributed by atoms with Crippen molar-refractivity contribution < 1.29 is 14.7 Å². The highest BCUT2D eigenvalue weighted by atomic mass is 32.1. The molecule has 1 aromatic heterocycles. The van der Waals surface area contributed by atoms with Gasteiger partial charge in [-0.1, -0.05) is 0 Å². The Morgan fingerprint density at radius 2 is 2.33 bits per heavy atom. The van der Waals surface area contributed by atoms with Crippen molar-refractivity contribution in [2.45, 2.75) is 6.92 Å². The van der Waals surface area contributed by atoms with E-state index in [1.807, 2.05) is 18.4 Å². The van der Waals surface area contributed by atoms with E-state index in [0.29, 0.717) is 0 Å². The van der Waals surface area contributed by atoms with E-state index >= 15 is 0 Å². The summed E-state index contributed by atoms with van der Waals surface area (Å²) in [7, 11) is 0. The first-order valence-electron chi connectivity index (χ1n) is 4.31. The van der Waals surface area contributed by atoms with Crippen molar-refractivity contribution >= 4 is 29.3 Å². The molecule has 0 saturated heterocycles. The molecule has 0 aliphatic heterocycles. The number of carbonyl (C=O) groups is 2. The summed E-state index contributed by atoms with van der Waals surface area (Å²) in [5.41, 5.74) is 1.10. The molecule has 0 unspecified atom stereocenters. The number of rotatable bonds is 4. The van der Waals surface area contributed by atoms with Crippen LogP contribution in [0.4, 0.5) is 0 Å². The van der Waals surface area contributed by atoms with Crippen LogP contribution >= 0.6 is 11.3 Å². The molecule has 1 amide bonds. The third-order valence-corrected chi connectivity index (χ3v) is 2.69. The molecular formula is C10H11NO3S. The molecule has 1 heterocycles. The summed E-state index contributed by atoms with van der Waals surface area (Å²) in [6.45, 7) is 1.60. The molecule has 4 nitrogen and oxygen atoms in total. The number of hydrogen-bond acceptors (Lipinski definition) is 3. The van der Waals surface area contributed by atoms with Crippen LogP contribution in [0, 0.1) is 6.92 Å². The summed E-state index contributed by atoms with van der Waals surface area (Å²) in [6.07, 6.45) is 3.01. The lowest BCUT2D eigenvalue weighted by Crippen LogP contribution is -2.27. The van der Waals surface area contributed by atoms with Crippen LogP contribution in [0.2, 0.25) is 0 Å². The minimum Gasteiger partial charge on any atom is -0.480 e. The number of carbonyl (C=O) groups excluding carboxylic acids is 1. The van der Waals surface area contributed by atoms with Crippen molar-refractivity contribution in [2.24, 2.45) is 0 Å². The number of aryl methyl sites for hydroxylation is 1. The Kier molecular flexibility index (Phi) is 4.05. The maximum absolute atomic E-state index is 11.1. The largest absolute Gasteiger partial charge is 0.480 e. The van der Waals surface area contributed by atoms with Gasteiger partial charge in [0.15, 0.2) is 0 Å². The van der Waals surface area contributed by atoms with E-state index in [1.165, 1.54) is 17.4 Å². The smallest absolute Gasteiger partial charge is 0.322 e. The molecule has 0 aliphatic rings. The van der Waals surface area contributed by atoms with Gasteiger partial charge in [0.05, 0.1) is 0 Å². The minimum absolute atomic E-state index is 0.355. The van der Waals surface area contributed by atoms with Gasteiger partial charge < -0.3 is 10.4 Å². The van der Waals surface area contributed by atoms with Crippen molar-refractivity contribution in [3.05, 3.63) is 28.0 Å². The van der Waals surface area contributed by atoms with E-state index in [2.05, 4.69) is 5.32 Å². The van der Waals surface area contributed by atoms with Crippen LogP contribution in [0.15, 0.2) is 17.5 Å². The average molecular weight is 225 g/mol. The molecule has 80 valence electrons. The van der Waals surface area contributed by atoms with E-state index in [9.17, 15) is 9.59 Å². The molecular weight excluding hydrogens is 214 g/mol. The van der Waals surface area contributed by atoms with Gasteiger partial charge in [0.25, 0.3) is 0 Å². The van der Waals surface area contributed by atoms with E-state index in [-0.39, 0.29) is 6.54 Å². The molecule has 0 radical (unpaired) electrons. The van der Waals surface area contributed by atoms with Crippen LogP contribution in [-0.2, 0) is 9.59 Å². The van der Waals surface area contributed by atoms with Crippen LogP contribution in [-0.4, -0.2) is 23.5 Å². The van der Waals surface area contributed by atoms with Gasteiger partial charge in [-0.25, -0.2) is 0 Å². The average Bonchev–Trinajstić information content (AvgIpc) is 2.58. The third-order valence-electron chi connectivity index (χ3n) is 1.70. The number of hydrogen-bond donors (Lipinski definition) is 2. The lowest BCUT2D eigenvalue weighted by Gasteiger charge is -1.95. The zero-order valence-corrected chi connectivity index (χ0v) is 9.00. The topological polar surface area (TPSA) is 66.4 Å². The number of thiophene rings is 1. The summed E-state index contributed by atoms with van der Waals surface area (Å²) in [4.78, 5) is 22.3. The van der Waals surface area contributed by atoms with E-state index in [0.717, 1.165) is 10.4 Å². The summed E-state index contributed by atoms with van der Waals surface area (Å²) >= 11 is 1.53. The van der Waals surface area contributed by atoms with Gasteiger partial charge in [0, 0.05) is 11.0 Å². The van der Waals surface area contributed by atoms with Gasteiger partial charge in [-0.3, -0.25) is 9.59 Å². The van der Waals surface area contributed by atoms with Crippen LogP contribution in [0.25, 0.3) is 6.08 Å². The predicted octanol–water partition coefficient (Wildman–Crippen LogP) is 1.27. The lowest BCUT2D eigenvalue weighted by molar-refractivity contribution is -0.137. The van der Waals surface area contributed by atoms with Gasteiger partial charge in [-0.05, 0) is 30.0 Å². The fourth-order valence-corrected chi connectivity index (χ4v) is 1.75. The predicted molar refractivity (Wildman–Crippen MR) is 58.7 cm³/mol. The van der Waals surface area contributed by atoms with E-state index in [1.54, 1.807) is 6.08 Å². The fourth-order valence-electron chi connectivity index (χ4n) is 0.928. The highest BCUT2D eigenvalue weighted by Crippen LogP contribution is 2.16. The molecule has 2 N–H and O–H groups in total. The van der Waals surface area contributed by atoms with Crippen LogP contribution in [0.5, 0.6) is 0 Å². The van der Waals surface area contributed by atoms with Crippen molar-refractivity contribution in [1.29, 1.82) is 0 Å². The SMILES string of the molecule is Cc1ccsc1/C=C/C(=O)NCC(=O)O. The Morgan fingerprint density at radius 1 is 1.60 bits per heavy atom. The Hall–Kier alpha value is -1.62. The molecule has 0 aromatic carbocycles. The highest BCUT2D eigenvalue weighted by Gasteiger charge is 2.00. The first kappa shape index (κ1) is 11.5. The standard InChI is InChI=1S/C10H11NO3S/c1-7-4-5-15-8(7)2-3-9(12)11-6-10(13)14/h2-5H,6H2,1H3,(H,11,12)(H,13,14)/b3-2+. The second-order valence-electron chi connectivity index (χ2n) is 2.91. The van der Waals surface area contributed by atoms with Gasteiger partial charge >= 0.3 is 5.97 Å². The first-order valence-corrected chi connectivity index (χ1v) is 5.19. The van der Waals surface area contributed by atoms with Gasteiger partial charge in [0.2, 0.25) is 5.91 Å². The van der Waals surface area contributed by atoms with Crippen molar-refractivity contribution in [2.75, 3.05) is 6.54 Å². The molecule has 1 rings (SSSR count). The number of carboxylic acids is 1. The third kappa shape index (κ3) is 3.95. The maximum Gasteiger partial charge on any atom is 0.322 e. The second-order valence-corrected chi connectivity index (χ2v) is 3.86. The van der Waals surface area contributed by atoms with Crippen LogP contribution in [0.3, 0.4) is 0 Å². The fraction of sp³-hybridized carbons (Fsp3) is 0.200. The number of aliphatic carboxylic acids is 1. The van der Waals surface area contributed by atoms with E-state index < -0.39 is 11.9 Å². The second kappa shape index (κ2) is 5.31. The van der Waals surface area contributed by atoms with Crippen molar-refractivity contribution in [1.82, 2.24) is 5.32 Å². The number of amides is 1. The number of carboxylic acid groups (broad SMARTS) is 1. The molecule has 1 aromatic rings. The highest BCUT2D eigenvalue weighted by molar-refractivity contribution is 7.11. The lowest BCUT2D eigenvalue weighted by atomic mass is 10.3. The normalized spacial score (nSPS) is 10.5. The van der Waals surface area contributed by atoms with Crippen molar-refractivity contribution in [3.8, 4) is 0 Å². The molecule has 15 heavy (non-hydrogen) atoms. The molecule has 0 fully saturated rings. The van der Waals surface area contributed by atoms with Crippen LogP contribution < -0.4 is 5.32 Å². The molecule has 0 aliphatic carbocycles. The molecule has 0 bridgehead atoms. The number of nitrogens with one attached hydrogen (secondary N) is 1. The quantitative estimate of drug-likeness (QED) is 0.758. The Bertz CT molecular complexity index is 395. The van der Waals surface area contributed by atoms with Gasteiger partial charge in [-0.2, -0.15) is 0 Å². The first-order chi connectivity index (χ1) is 7.09. The van der Waals surface area contributed by atoms with Gasteiger partial charge in [-0.15, -0.1) is 11.3 Å². The monoisotopic (exact) mass is 225 g/mol. The summed E-state index contributed by atoms with van der Waals surface area (Å²) in [5.74, 6) is -1.45. The summed E-state index contributed by atoms with van der Waals surface area (Å²) < 4.78 is 0. The molecule has 0 atom stereocenters.